The van der Waals surface area contributed by atoms with Gasteiger partial charge in [0.1, 0.15) is 22.8 Å². The highest BCUT2D eigenvalue weighted by Gasteiger charge is 2.32. The van der Waals surface area contributed by atoms with Gasteiger partial charge in [0.15, 0.2) is 5.82 Å². The topological polar surface area (TPSA) is 135 Å². The summed E-state index contributed by atoms with van der Waals surface area (Å²) in [7, 11) is -2.12. The second-order valence-electron chi connectivity index (χ2n) is 10.4. The van der Waals surface area contributed by atoms with E-state index in [0.29, 0.717) is 51.1 Å². The fourth-order valence-electron chi connectivity index (χ4n) is 4.25. The molecule has 3 N–H and O–H groups in total. The summed E-state index contributed by atoms with van der Waals surface area (Å²) in [5.74, 6) is 0.444. The number of allylic oxidation sites excluding steroid dienone is 1. The number of sulfonamides is 1. The molecule has 0 radical (unpaired) electrons. The minimum Gasteiger partial charge on any atom is -0.497 e. The van der Waals surface area contributed by atoms with Gasteiger partial charge in [-0.2, -0.15) is 0 Å². The normalized spacial score (nSPS) is 16.1. The molecule has 206 valence electrons. The Morgan fingerprint density at radius 1 is 1.15 bits per heavy atom. The zero-order valence-electron chi connectivity index (χ0n) is 22.6. The molecule has 0 aliphatic heterocycles. The number of benzene rings is 1. The molecule has 2 aromatic heterocycles. The van der Waals surface area contributed by atoms with Crippen LogP contribution >= 0.6 is 11.6 Å². The first kappa shape index (κ1) is 28.3. The van der Waals surface area contributed by atoms with Crippen molar-refractivity contribution >= 4 is 50.1 Å². The van der Waals surface area contributed by atoms with Crippen molar-refractivity contribution in [2.75, 3.05) is 18.7 Å². The monoisotopic (exact) mass is 570 g/mol. The molecule has 1 aromatic carbocycles. The van der Waals surface area contributed by atoms with Crippen LogP contribution in [0.2, 0.25) is 5.15 Å². The molecule has 10 nitrogen and oxygen atoms in total. The van der Waals surface area contributed by atoms with Crippen LogP contribution in [0.25, 0.3) is 11.0 Å². The van der Waals surface area contributed by atoms with Crippen molar-refractivity contribution in [2.45, 2.75) is 40.2 Å². The average Bonchev–Trinajstić information content (AvgIpc) is 2.84. The Balaban J connectivity index is 1.64. The highest BCUT2D eigenvalue weighted by atomic mass is 35.5. The number of ether oxygens (including phenoxy) is 1. The van der Waals surface area contributed by atoms with Gasteiger partial charge in [-0.15, -0.1) is 0 Å². The second-order valence-corrected chi connectivity index (χ2v) is 12.5. The number of methoxy groups -OCH3 is 1. The lowest BCUT2D eigenvalue weighted by molar-refractivity contribution is 0.0926. The molecule has 0 spiro atoms. The number of rotatable bonds is 7. The molecule has 1 aliphatic carbocycles. The van der Waals surface area contributed by atoms with Crippen LogP contribution in [0.15, 0.2) is 59.8 Å². The number of carbonyl (C=O) groups excluding carboxylic acids is 1. The lowest BCUT2D eigenvalue weighted by Gasteiger charge is -2.33. The summed E-state index contributed by atoms with van der Waals surface area (Å²) in [6, 6.07) is 8.10. The molecule has 1 unspecified atom stereocenters. The van der Waals surface area contributed by atoms with Gasteiger partial charge in [-0.1, -0.05) is 44.0 Å². The third-order valence-electron chi connectivity index (χ3n) is 6.31. The fraction of sp³-hybridized carbons (Fsp3) is 0.333. The van der Waals surface area contributed by atoms with Crippen LogP contribution in [-0.2, 0) is 14.8 Å². The van der Waals surface area contributed by atoms with Crippen LogP contribution in [0.4, 0.5) is 11.5 Å². The summed E-state index contributed by atoms with van der Waals surface area (Å²) < 4.78 is 32.2. The van der Waals surface area contributed by atoms with E-state index in [1.807, 2.05) is 33.8 Å². The molecule has 12 heteroatoms. The molecule has 2 heterocycles. The van der Waals surface area contributed by atoms with Crippen LogP contribution in [0, 0.1) is 12.3 Å². The highest BCUT2D eigenvalue weighted by Crippen LogP contribution is 2.36. The summed E-state index contributed by atoms with van der Waals surface area (Å²) in [6.45, 7) is 8.00. The zero-order valence-corrected chi connectivity index (χ0v) is 24.2. The number of hydrogen-bond acceptors (Lipinski definition) is 8. The lowest BCUT2D eigenvalue weighted by atomic mass is 9.79. The fourth-order valence-corrected chi connectivity index (χ4v) is 4.96. The molecule has 1 atom stereocenters. The van der Waals surface area contributed by atoms with Crippen molar-refractivity contribution in [1.29, 1.82) is 0 Å². The minimum atomic E-state index is -3.58. The quantitative estimate of drug-likeness (QED) is 0.350. The Labute approximate surface area is 233 Å². The minimum absolute atomic E-state index is 0.259. The van der Waals surface area contributed by atoms with Crippen LogP contribution in [-0.4, -0.2) is 48.7 Å². The van der Waals surface area contributed by atoms with E-state index >= 15 is 0 Å². The molecule has 1 aliphatic rings. The molecule has 0 bridgehead atoms. The number of hydrogen-bond donors (Lipinski definition) is 3. The summed E-state index contributed by atoms with van der Waals surface area (Å²) in [5, 5.41) is 6.58. The van der Waals surface area contributed by atoms with Gasteiger partial charge in [0.05, 0.1) is 30.6 Å². The molecule has 4 rings (SSSR count). The number of nitrogens with zero attached hydrogens (tertiary/aromatic N) is 3. The van der Waals surface area contributed by atoms with Gasteiger partial charge in [-0.05, 0) is 54.7 Å². The van der Waals surface area contributed by atoms with E-state index in [2.05, 4.69) is 30.3 Å². The van der Waals surface area contributed by atoms with Crippen LogP contribution in [0.5, 0.6) is 0 Å². The predicted molar refractivity (Wildman–Crippen MR) is 152 cm³/mol. The third-order valence-corrected chi connectivity index (χ3v) is 7.11. The maximum Gasteiger partial charge on any atom is 0.251 e. The maximum absolute atomic E-state index is 13.5. The summed E-state index contributed by atoms with van der Waals surface area (Å²) >= 11 is 6.09. The molecular formula is C27H31ClN6O4S. The Kier molecular flexibility index (Phi) is 7.85. The van der Waals surface area contributed by atoms with E-state index in [1.165, 1.54) is 13.4 Å². The van der Waals surface area contributed by atoms with E-state index in [0.717, 1.165) is 17.4 Å². The van der Waals surface area contributed by atoms with Gasteiger partial charge >= 0.3 is 0 Å². The number of fused-ring (bicyclic) bond motifs is 1. The third kappa shape index (κ3) is 6.66. The number of anilines is 2. The first-order valence-corrected chi connectivity index (χ1v) is 14.4. The number of aromatic nitrogens is 3. The number of halogens is 1. The van der Waals surface area contributed by atoms with Gasteiger partial charge < -0.3 is 15.4 Å². The van der Waals surface area contributed by atoms with Gasteiger partial charge in [0.25, 0.3) is 5.91 Å². The van der Waals surface area contributed by atoms with Crippen LogP contribution in [0.3, 0.4) is 0 Å². The SMILES string of the molecule is COC1=C(NS(C)(=O)=O)C=C(C(C)(C)C)CC1NC(=O)c1ccc(C)c(Nc2ncnc3ccc(Cl)nc23)c1. The maximum atomic E-state index is 13.5. The van der Waals surface area contributed by atoms with Gasteiger partial charge in [-0.3, -0.25) is 9.52 Å². The van der Waals surface area contributed by atoms with E-state index in [-0.39, 0.29) is 11.3 Å². The Bertz CT molecular complexity index is 1610. The van der Waals surface area contributed by atoms with Crippen LogP contribution < -0.4 is 15.4 Å². The summed E-state index contributed by atoms with van der Waals surface area (Å²) in [6.07, 6.45) is 4.74. The number of aryl methyl sites for hydroxylation is 1. The van der Waals surface area contributed by atoms with Crippen molar-refractivity contribution in [2.24, 2.45) is 5.41 Å². The zero-order chi connectivity index (χ0) is 28.5. The predicted octanol–water partition coefficient (Wildman–Crippen LogP) is 4.61. The van der Waals surface area contributed by atoms with Crippen molar-refractivity contribution in [1.82, 2.24) is 25.0 Å². The largest absolute Gasteiger partial charge is 0.497 e. The molecule has 39 heavy (non-hydrogen) atoms. The first-order chi connectivity index (χ1) is 18.2. The van der Waals surface area contributed by atoms with E-state index in [9.17, 15) is 13.2 Å². The smallest absolute Gasteiger partial charge is 0.251 e. The van der Waals surface area contributed by atoms with Gasteiger partial charge in [0, 0.05) is 11.3 Å². The number of nitrogens with one attached hydrogen (secondary N) is 3. The summed E-state index contributed by atoms with van der Waals surface area (Å²) in [4.78, 5) is 26.3. The number of carbonyl (C=O) groups is 1. The van der Waals surface area contributed by atoms with Crippen molar-refractivity contribution in [3.05, 3.63) is 76.0 Å². The summed E-state index contributed by atoms with van der Waals surface area (Å²) in [5.41, 5.74) is 4.07. The lowest BCUT2D eigenvalue weighted by Crippen LogP contribution is -2.42. The van der Waals surface area contributed by atoms with Crippen molar-refractivity contribution in [3.63, 3.8) is 0 Å². The van der Waals surface area contributed by atoms with E-state index in [4.69, 9.17) is 16.3 Å². The van der Waals surface area contributed by atoms with Crippen molar-refractivity contribution < 1.29 is 17.9 Å². The molecule has 0 saturated carbocycles. The molecular weight excluding hydrogens is 540 g/mol. The molecule has 0 fully saturated rings. The molecule has 3 aromatic rings. The Morgan fingerprint density at radius 2 is 1.90 bits per heavy atom. The van der Waals surface area contributed by atoms with E-state index in [1.54, 1.807) is 30.3 Å². The highest BCUT2D eigenvalue weighted by molar-refractivity contribution is 7.88. The number of amides is 1. The standard InChI is InChI=1S/C27H31ClN6O4S/c1-15-7-8-16(11-19(15)31-25-23-18(29-14-30-25)9-10-22(28)33-23)26(35)32-20-12-17(27(2,3)4)13-21(24(20)38-5)34-39(6,36)37/h7-11,13-14,20,34H,12H2,1-6H3,(H,32,35)(H,29,30,31). The van der Waals surface area contributed by atoms with Gasteiger partial charge in [0.2, 0.25) is 10.0 Å². The first-order valence-electron chi connectivity index (χ1n) is 12.2. The molecule has 1 amide bonds. The van der Waals surface area contributed by atoms with E-state index < -0.39 is 16.1 Å². The van der Waals surface area contributed by atoms with Crippen LogP contribution in [0.1, 0.15) is 43.1 Å². The molecule has 0 saturated heterocycles. The van der Waals surface area contributed by atoms with Crippen molar-refractivity contribution in [3.8, 4) is 0 Å². The second kappa shape index (κ2) is 10.8. The Hall–Kier alpha value is -3.70. The van der Waals surface area contributed by atoms with Gasteiger partial charge in [-0.25, -0.2) is 23.4 Å². The number of pyridine rings is 1. The Morgan fingerprint density at radius 3 is 2.56 bits per heavy atom. The average molecular weight is 571 g/mol.